The molecule has 8 nitrogen and oxygen atoms in total. The van der Waals surface area contributed by atoms with Crippen LogP contribution in [0.5, 0.6) is 0 Å². The first-order chi connectivity index (χ1) is 11.5. The van der Waals surface area contributed by atoms with Crippen LogP contribution in [0.25, 0.3) is 0 Å². The normalized spacial score (nSPS) is 26.3. The van der Waals surface area contributed by atoms with Crippen LogP contribution in [0, 0.1) is 5.92 Å². The predicted molar refractivity (Wildman–Crippen MR) is 86.5 cm³/mol. The topological polar surface area (TPSA) is 87.7 Å². The molecule has 2 fully saturated rings. The Morgan fingerprint density at radius 3 is 2.83 bits per heavy atom. The van der Waals surface area contributed by atoms with Gasteiger partial charge in [0.25, 0.3) is 10.2 Å². The highest BCUT2D eigenvalue weighted by molar-refractivity contribution is 7.87. The van der Waals surface area contributed by atoms with E-state index >= 15 is 0 Å². The lowest BCUT2D eigenvalue weighted by molar-refractivity contribution is 0.121. The molecule has 0 amide bonds. The summed E-state index contributed by atoms with van der Waals surface area (Å²) in [5.41, 5.74) is 0. The number of piperidine rings is 1. The molecular weight excluding hydrogens is 337 g/mol. The van der Waals surface area contributed by atoms with Gasteiger partial charge in [-0.3, -0.25) is 0 Å². The van der Waals surface area contributed by atoms with Gasteiger partial charge >= 0.3 is 0 Å². The maximum Gasteiger partial charge on any atom is 0.279 e. The van der Waals surface area contributed by atoms with Gasteiger partial charge in [0.1, 0.15) is 6.17 Å². The van der Waals surface area contributed by atoms with Gasteiger partial charge in [0.2, 0.25) is 0 Å². The number of halogens is 1. The average Bonchev–Trinajstić information content (AvgIpc) is 2.54. The Bertz CT molecular complexity index is 641. The molecule has 2 aliphatic rings. The van der Waals surface area contributed by atoms with Crippen LogP contribution in [-0.4, -0.2) is 75.0 Å². The van der Waals surface area contributed by atoms with Gasteiger partial charge in [-0.1, -0.05) is 0 Å². The van der Waals surface area contributed by atoms with Crippen molar-refractivity contribution in [3.63, 3.8) is 0 Å². The van der Waals surface area contributed by atoms with E-state index in [1.165, 1.54) is 0 Å². The van der Waals surface area contributed by atoms with Crippen molar-refractivity contribution < 1.29 is 17.5 Å². The molecule has 24 heavy (non-hydrogen) atoms. The predicted octanol–water partition coefficient (Wildman–Crippen LogP) is -0.194. The number of ether oxygens (including phenoxy) is 1. The first kappa shape index (κ1) is 17.5. The lowest BCUT2D eigenvalue weighted by atomic mass is 9.93. The zero-order chi connectivity index (χ0) is 17.2. The highest BCUT2D eigenvalue weighted by Gasteiger charge is 2.39. The van der Waals surface area contributed by atoms with Gasteiger partial charge in [-0.25, -0.2) is 4.39 Å². The zero-order valence-corrected chi connectivity index (χ0v) is 14.3. The summed E-state index contributed by atoms with van der Waals surface area (Å²) in [7, 11) is -2.05. The maximum atomic E-state index is 12.9. The number of aromatic nitrogens is 2. The third-order valence-electron chi connectivity index (χ3n) is 4.44. The third-order valence-corrected chi connectivity index (χ3v) is 6.02. The monoisotopic (exact) mass is 359 g/mol. The van der Waals surface area contributed by atoms with Gasteiger partial charge in [-0.15, -0.1) is 5.10 Å². The number of nitrogens with zero attached hydrogens (tertiary/aromatic N) is 4. The standard InChI is InChI=1S/C14H22FN5O3S/c1-23-10-11-7-19(14-3-2-5-16-17-14)6-4-13(11)18-24(21,22)20-8-12(15)9-20/h2-3,5,11-13,18H,4,6-10H2,1H3/t11-,13-/m0/s1. The van der Waals surface area contributed by atoms with Crippen molar-refractivity contribution in [2.45, 2.75) is 18.6 Å². The Labute approximate surface area is 141 Å². The second-order valence-corrected chi connectivity index (χ2v) is 7.88. The highest BCUT2D eigenvalue weighted by Crippen LogP contribution is 2.24. The minimum Gasteiger partial charge on any atom is -0.384 e. The lowest BCUT2D eigenvalue weighted by Gasteiger charge is -2.41. The largest absolute Gasteiger partial charge is 0.384 e. The van der Waals surface area contributed by atoms with Crippen molar-refractivity contribution >= 4 is 16.0 Å². The van der Waals surface area contributed by atoms with E-state index < -0.39 is 16.4 Å². The van der Waals surface area contributed by atoms with Crippen molar-refractivity contribution in [3.8, 4) is 0 Å². The van der Waals surface area contributed by atoms with Gasteiger partial charge < -0.3 is 9.64 Å². The fraction of sp³-hybridized carbons (Fsp3) is 0.714. The van der Waals surface area contributed by atoms with Crippen molar-refractivity contribution in [1.82, 2.24) is 19.2 Å². The number of anilines is 1. The first-order valence-electron chi connectivity index (χ1n) is 7.92. The molecule has 3 rings (SSSR count). The molecule has 0 unspecified atom stereocenters. The van der Waals surface area contributed by atoms with Crippen LogP contribution in [0.15, 0.2) is 18.3 Å². The summed E-state index contributed by atoms with van der Waals surface area (Å²) >= 11 is 0. The number of hydrogen-bond donors (Lipinski definition) is 1. The van der Waals surface area contributed by atoms with Crippen molar-refractivity contribution in [2.75, 3.05) is 44.8 Å². The molecular formula is C14H22FN5O3S. The zero-order valence-electron chi connectivity index (χ0n) is 13.5. The van der Waals surface area contributed by atoms with E-state index in [4.69, 9.17) is 4.74 Å². The number of alkyl halides is 1. The van der Waals surface area contributed by atoms with Crippen LogP contribution in [-0.2, 0) is 14.9 Å². The Morgan fingerprint density at radius 2 is 2.21 bits per heavy atom. The van der Waals surface area contributed by atoms with Crippen molar-refractivity contribution in [1.29, 1.82) is 0 Å². The average molecular weight is 359 g/mol. The number of nitrogens with one attached hydrogen (secondary N) is 1. The van der Waals surface area contributed by atoms with Crippen LogP contribution < -0.4 is 9.62 Å². The van der Waals surface area contributed by atoms with E-state index in [2.05, 4.69) is 19.8 Å². The molecule has 1 N–H and O–H groups in total. The molecule has 0 radical (unpaired) electrons. The van der Waals surface area contributed by atoms with E-state index in [1.807, 2.05) is 12.1 Å². The van der Waals surface area contributed by atoms with Crippen LogP contribution >= 0.6 is 0 Å². The van der Waals surface area contributed by atoms with E-state index in [9.17, 15) is 12.8 Å². The van der Waals surface area contributed by atoms with E-state index in [0.717, 1.165) is 10.1 Å². The quantitative estimate of drug-likeness (QED) is 0.757. The second-order valence-electron chi connectivity index (χ2n) is 6.18. The number of rotatable bonds is 6. The summed E-state index contributed by atoms with van der Waals surface area (Å²) in [6.45, 7) is 1.57. The Morgan fingerprint density at radius 1 is 1.42 bits per heavy atom. The Kier molecular flexibility index (Phi) is 5.28. The van der Waals surface area contributed by atoms with Crippen molar-refractivity contribution in [2.24, 2.45) is 5.92 Å². The van der Waals surface area contributed by atoms with E-state index in [0.29, 0.717) is 26.1 Å². The molecule has 3 heterocycles. The molecule has 0 spiro atoms. The smallest absolute Gasteiger partial charge is 0.279 e. The Hall–Kier alpha value is -1.36. The van der Waals surface area contributed by atoms with Gasteiger partial charge in [0, 0.05) is 51.4 Å². The summed E-state index contributed by atoms with van der Waals surface area (Å²) in [5.74, 6) is 0.742. The van der Waals surface area contributed by atoms with Gasteiger partial charge in [0.15, 0.2) is 5.82 Å². The van der Waals surface area contributed by atoms with E-state index in [-0.39, 0.29) is 25.0 Å². The molecule has 0 saturated carbocycles. The van der Waals surface area contributed by atoms with E-state index in [1.54, 1.807) is 13.3 Å². The minimum atomic E-state index is -3.65. The highest BCUT2D eigenvalue weighted by atomic mass is 32.2. The van der Waals surface area contributed by atoms with Crippen LogP contribution in [0.2, 0.25) is 0 Å². The molecule has 10 heteroatoms. The number of hydrogen-bond acceptors (Lipinski definition) is 6. The molecule has 2 aliphatic heterocycles. The molecule has 1 aromatic rings. The SMILES string of the molecule is COC[C@@H]1CN(c2cccnn2)CC[C@@H]1NS(=O)(=O)N1CC(F)C1. The molecule has 0 bridgehead atoms. The molecule has 134 valence electrons. The third kappa shape index (κ3) is 3.82. The molecule has 2 saturated heterocycles. The number of methoxy groups -OCH3 is 1. The molecule has 0 aliphatic carbocycles. The van der Waals surface area contributed by atoms with Crippen molar-refractivity contribution in [3.05, 3.63) is 18.3 Å². The van der Waals surface area contributed by atoms with Gasteiger partial charge in [0.05, 0.1) is 6.61 Å². The molecule has 1 aromatic heterocycles. The van der Waals surface area contributed by atoms with Crippen LogP contribution in [0.4, 0.5) is 10.2 Å². The summed E-state index contributed by atoms with van der Waals surface area (Å²) in [6, 6.07) is 3.45. The second kappa shape index (κ2) is 7.26. The minimum absolute atomic E-state index is 0.0250. The van der Waals surface area contributed by atoms with Gasteiger partial charge in [-0.05, 0) is 18.6 Å². The van der Waals surface area contributed by atoms with Crippen LogP contribution in [0.1, 0.15) is 6.42 Å². The van der Waals surface area contributed by atoms with Crippen LogP contribution in [0.3, 0.4) is 0 Å². The summed E-state index contributed by atoms with van der Waals surface area (Å²) in [4.78, 5) is 2.07. The maximum absolute atomic E-state index is 12.9. The molecule has 0 aromatic carbocycles. The Balaban J connectivity index is 1.66. The molecule has 2 atom stereocenters. The lowest BCUT2D eigenvalue weighted by Crippen LogP contribution is -2.60. The fourth-order valence-electron chi connectivity index (χ4n) is 3.09. The first-order valence-corrected chi connectivity index (χ1v) is 9.36. The summed E-state index contributed by atoms with van der Waals surface area (Å²) < 4.78 is 46.6. The summed E-state index contributed by atoms with van der Waals surface area (Å²) in [5, 5.41) is 7.98. The fourth-order valence-corrected chi connectivity index (χ4v) is 4.65. The van der Waals surface area contributed by atoms with Gasteiger partial charge in [-0.2, -0.15) is 22.5 Å². The summed E-state index contributed by atoms with van der Waals surface area (Å²) in [6.07, 6.45) is 1.17.